The van der Waals surface area contributed by atoms with E-state index in [1.165, 1.54) is 0 Å². The number of nitrogens with one attached hydrogen (secondary N) is 4. The van der Waals surface area contributed by atoms with E-state index in [0.29, 0.717) is 30.6 Å². The average Bonchev–Trinajstić information content (AvgIpc) is 3.49. The molecule has 1 aliphatic heterocycles. The minimum atomic E-state index is -0.294. The van der Waals surface area contributed by atoms with E-state index >= 15 is 0 Å². The lowest BCUT2D eigenvalue weighted by Gasteiger charge is -2.19. The number of nitrogens with two attached hydrogens (primary N) is 2. The number of nitrogens with zero attached hydrogens (tertiary/aromatic N) is 3. The Morgan fingerprint density at radius 3 is 2.78 bits per heavy atom. The van der Waals surface area contributed by atoms with Crippen molar-refractivity contribution < 1.29 is 0 Å². The summed E-state index contributed by atoms with van der Waals surface area (Å²) in [5.74, 6) is 0.908. The van der Waals surface area contributed by atoms with E-state index in [-0.39, 0.29) is 17.7 Å². The van der Waals surface area contributed by atoms with Gasteiger partial charge in [-0.1, -0.05) is 19.1 Å². The molecule has 1 saturated heterocycles. The molecular weight excluding hydrogens is 454 g/mol. The van der Waals surface area contributed by atoms with Crippen LogP contribution in [0.15, 0.2) is 41.3 Å². The van der Waals surface area contributed by atoms with E-state index in [1.807, 2.05) is 30.5 Å². The third-order valence-electron chi connectivity index (χ3n) is 7.00. The Hall–Kier alpha value is -3.21. The number of likely N-dealkylation sites (tertiary alicyclic amines) is 1. The van der Waals surface area contributed by atoms with Gasteiger partial charge in [-0.05, 0) is 69.1 Å². The number of rotatable bonds is 11. The van der Waals surface area contributed by atoms with Gasteiger partial charge in [-0.15, -0.1) is 0 Å². The third kappa shape index (κ3) is 6.31. The highest BCUT2D eigenvalue weighted by molar-refractivity contribution is 5.76. The minimum Gasteiger partial charge on any atom is -0.370 e. The van der Waals surface area contributed by atoms with E-state index in [9.17, 15) is 4.79 Å². The van der Waals surface area contributed by atoms with Gasteiger partial charge in [0.1, 0.15) is 5.65 Å². The summed E-state index contributed by atoms with van der Waals surface area (Å²) in [7, 11) is 0. The molecule has 10 heteroatoms. The number of hydrogen-bond acceptors (Lipinski definition) is 6. The summed E-state index contributed by atoms with van der Waals surface area (Å²) in [5.41, 5.74) is 14.5. The molecule has 3 aromatic rings. The van der Waals surface area contributed by atoms with Crippen molar-refractivity contribution in [3.05, 3.63) is 58.3 Å². The smallest absolute Gasteiger partial charge is 0.354 e. The summed E-state index contributed by atoms with van der Waals surface area (Å²) < 4.78 is 1.61. The molecule has 4 rings (SSSR count). The first-order chi connectivity index (χ1) is 17.3. The zero-order valence-electron chi connectivity index (χ0n) is 21.3. The van der Waals surface area contributed by atoms with Crippen LogP contribution in [0.25, 0.3) is 16.7 Å². The number of aromatic amines is 1. The van der Waals surface area contributed by atoms with Crippen LogP contribution in [0.5, 0.6) is 0 Å². The largest absolute Gasteiger partial charge is 0.370 e. The van der Waals surface area contributed by atoms with Crippen molar-refractivity contribution in [2.75, 3.05) is 39.3 Å². The van der Waals surface area contributed by atoms with E-state index < -0.39 is 0 Å². The summed E-state index contributed by atoms with van der Waals surface area (Å²) in [6.45, 7) is 9.58. The maximum atomic E-state index is 12.8. The molecule has 194 valence electrons. The van der Waals surface area contributed by atoms with Crippen LogP contribution in [-0.2, 0) is 0 Å². The van der Waals surface area contributed by atoms with Gasteiger partial charge in [-0.3, -0.25) is 9.98 Å². The molecule has 0 amide bonds. The number of benzene rings is 1. The van der Waals surface area contributed by atoms with Gasteiger partial charge < -0.3 is 32.0 Å². The van der Waals surface area contributed by atoms with Crippen LogP contribution >= 0.6 is 0 Å². The van der Waals surface area contributed by atoms with Crippen molar-refractivity contribution in [3.63, 3.8) is 0 Å². The normalized spacial score (nSPS) is 17.9. The molecule has 0 unspecified atom stereocenters. The van der Waals surface area contributed by atoms with Crippen LogP contribution in [-0.4, -0.2) is 64.7 Å². The molecule has 0 saturated carbocycles. The molecule has 36 heavy (non-hydrogen) atoms. The standard InChI is InChI=1S/C26H39N9O/c1-17(13-27)14-34-11-8-20(15-34)23-12-21-16-35(26(36)33-24(21)32-23)22-6-4-19(5-7-22)18(2)30-9-3-10-31-25(28)29/h4-7,12,16-18,20,30H,3,8-11,13-15,27H2,1-2H3,(H4,28,29,31)(H,32,33,36)/t17-,18-,20+/m0/s1. The summed E-state index contributed by atoms with van der Waals surface area (Å²) >= 11 is 0. The summed E-state index contributed by atoms with van der Waals surface area (Å²) in [4.78, 5) is 23.0. The molecule has 8 N–H and O–H groups in total. The Balaban J connectivity index is 1.41. The molecule has 0 spiro atoms. The maximum absolute atomic E-state index is 12.8. The van der Waals surface area contributed by atoms with Crippen LogP contribution in [0, 0.1) is 11.3 Å². The minimum absolute atomic E-state index is 0.00408. The lowest BCUT2D eigenvalue weighted by molar-refractivity contribution is 0.288. The van der Waals surface area contributed by atoms with E-state index in [2.05, 4.69) is 45.4 Å². The number of hydrogen-bond donors (Lipinski definition) is 6. The zero-order chi connectivity index (χ0) is 25.7. The fourth-order valence-corrected chi connectivity index (χ4v) is 4.86. The first kappa shape index (κ1) is 25.9. The van der Waals surface area contributed by atoms with Gasteiger partial charge in [-0.2, -0.15) is 4.98 Å². The second kappa shape index (κ2) is 11.7. The van der Waals surface area contributed by atoms with Crippen LogP contribution in [0.2, 0.25) is 0 Å². The van der Waals surface area contributed by atoms with Crippen molar-refractivity contribution in [2.45, 2.75) is 38.6 Å². The predicted molar refractivity (Wildman–Crippen MR) is 145 cm³/mol. The highest BCUT2D eigenvalue weighted by atomic mass is 16.1. The van der Waals surface area contributed by atoms with Gasteiger partial charge in [0.25, 0.3) is 0 Å². The van der Waals surface area contributed by atoms with Crippen molar-refractivity contribution in [3.8, 4) is 5.69 Å². The first-order valence-electron chi connectivity index (χ1n) is 12.8. The highest BCUT2D eigenvalue weighted by Gasteiger charge is 2.26. The monoisotopic (exact) mass is 493 g/mol. The Morgan fingerprint density at radius 1 is 1.28 bits per heavy atom. The third-order valence-corrected chi connectivity index (χ3v) is 7.00. The van der Waals surface area contributed by atoms with Gasteiger partial charge in [0.2, 0.25) is 0 Å². The first-order valence-corrected chi connectivity index (χ1v) is 12.8. The van der Waals surface area contributed by atoms with Crippen LogP contribution in [0.3, 0.4) is 0 Å². The van der Waals surface area contributed by atoms with E-state index in [4.69, 9.17) is 16.9 Å². The fraction of sp³-hybridized carbons (Fsp3) is 0.500. The second-order valence-corrected chi connectivity index (χ2v) is 9.97. The Bertz CT molecular complexity index is 1220. The molecule has 1 fully saturated rings. The topological polar surface area (TPSA) is 154 Å². The SMILES string of the molecule is C[C@@H](CN)CN1CC[C@@H](c2cc3cn(-c4ccc([C@H](C)NCCCNC(=N)N)cc4)c(=O)nc3[nH]2)C1. The molecule has 0 radical (unpaired) electrons. The van der Waals surface area contributed by atoms with Gasteiger partial charge >= 0.3 is 5.69 Å². The summed E-state index contributed by atoms with van der Waals surface area (Å²) in [5, 5.41) is 14.4. The molecule has 3 heterocycles. The molecular formula is C26H39N9O. The predicted octanol–water partition coefficient (Wildman–Crippen LogP) is 1.62. The lowest BCUT2D eigenvalue weighted by Crippen LogP contribution is -2.32. The average molecular weight is 494 g/mol. The summed E-state index contributed by atoms with van der Waals surface area (Å²) in [6, 6.07) is 10.3. The van der Waals surface area contributed by atoms with Crippen LogP contribution in [0.4, 0.5) is 0 Å². The molecule has 2 aromatic heterocycles. The van der Waals surface area contributed by atoms with Crippen molar-refractivity contribution in [2.24, 2.45) is 17.4 Å². The van der Waals surface area contributed by atoms with Gasteiger partial charge in [0.05, 0.1) is 5.69 Å². The van der Waals surface area contributed by atoms with E-state index in [0.717, 1.165) is 61.4 Å². The zero-order valence-corrected chi connectivity index (χ0v) is 21.3. The molecule has 0 bridgehead atoms. The Labute approximate surface area is 212 Å². The number of aromatic nitrogens is 3. The number of guanidine groups is 1. The van der Waals surface area contributed by atoms with Gasteiger partial charge in [0.15, 0.2) is 5.96 Å². The highest BCUT2D eigenvalue weighted by Crippen LogP contribution is 2.29. The van der Waals surface area contributed by atoms with Crippen molar-refractivity contribution in [1.82, 2.24) is 30.1 Å². The van der Waals surface area contributed by atoms with Crippen molar-refractivity contribution in [1.29, 1.82) is 5.41 Å². The maximum Gasteiger partial charge on any atom is 0.354 e. The lowest BCUT2D eigenvalue weighted by atomic mass is 10.1. The van der Waals surface area contributed by atoms with Gasteiger partial charge in [0, 0.05) is 48.9 Å². The molecule has 0 aliphatic carbocycles. The molecule has 10 nitrogen and oxygen atoms in total. The van der Waals surface area contributed by atoms with Crippen molar-refractivity contribution >= 4 is 17.0 Å². The van der Waals surface area contributed by atoms with Crippen LogP contribution < -0.4 is 27.8 Å². The fourth-order valence-electron chi connectivity index (χ4n) is 4.86. The molecule has 1 aromatic carbocycles. The second-order valence-electron chi connectivity index (χ2n) is 9.97. The number of fused-ring (bicyclic) bond motifs is 1. The Kier molecular flexibility index (Phi) is 8.40. The summed E-state index contributed by atoms with van der Waals surface area (Å²) in [6.07, 6.45) is 3.84. The molecule has 1 aliphatic rings. The van der Waals surface area contributed by atoms with E-state index in [1.54, 1.807) is 4.57 Å². The Morgan fingerprint density at radius 2 is 2.06 bits per heavy atom. The molecule has 3 atom stereocenters. The quantitative estimate of drug-likeness (QED) is 0.135. The van der Waals surface area contributed by atoms with Gasteiger partial charge in [-0.25, -0.2) is 4.79 Å². The van der Waals surface area contributed by atoms with Crippen LogP contribution in [0.1, 0.15) is 49.9 Å². The number of H-pyrrole nitrogens is 1.